The van der Waals surface area contributed by atoms with E-state index < -0.39 is 27.9 Å². The first kappa shape index (κ1) is 27.6. The third-order valence-electron chi connectivity index (χ3n) is 5.42. The molecular formula is C26H20N8O5S. The molecule has 1 atom stereocenters. The van der Waals surface area contributed by atoms with Crippen LogP contribution in [-0.4, -0.2) is 36.5 Å². The van der Waals surface area contributed by atoms with Gasteiger partial charge in [0.05, 0.1) is 23.5 Å². The van der Waals surface area contributed by atoms with E-state index in [9.17, 15) is 22.6 Å². The van der Waals surface area contributed by atoms with Gasteiger partial charge >= 0.3 is 0 Å². The second kappa shape index (κ2) is 12.0. The third-order valence-corrected chi connectivity index (χ3v) is 6.33. The van der Waals surface area contributed by atoms with Crippen molar-refractivity contribution in [1.82, 2.24) is 5.32 Å². The number of amides is 1. The van der Waals surface area contributed by atoms with Crippen molar-refractivity contribution in [3.63, 3.8) is 0 Å². The Morgan fingerprint density at radius 1 is 0.925 bits per heavy atom. The van der Waals surface area contributed by atoms with E-state index in [1.54, 1.807) is 54.6 Å². The summed E-state index contributed by atoms with van der Waals surface area (Å²) in [6.45, 7) is 6.68. The van der Waals surface area contributed by atoms with E-state index in [2.05, 4.69) is 35.8 Å². The fraction of sp³-hybridized carbons (Fsp3) is 0.0769. The number of rotatable bonds is 7. The van der Waals surface area contributed by atoms with Gasteiger partial charge in [-0.25, -0.2) is 0 Å². The van der Waals surface area contributed by atoms with Crippen LogP contribution in [0.25, 0.3) is 17.1 Å². The van der Waals surface area contributed by atoms with Gasteiger partial charge in [-0.3, -0.25) is 14.1 Å². The first-order chi connectivity index (χ1) is 19.1. The molecule has 14 heteroatoms. The SMILES string of the molecule is [C-]#[N+]N=C1CC(=O)C(N=Nc2ccc(N=Nc3ccc(/C=C/c4ccc(N)cc4)c(S(=O)(=O)O)c3)cc2)C(=O)N1. The molecule has 0 radical (unpaired) electrons. The van der Waals surface area contributed by atoms with E-state index in [0.717, 1.165) is 5.56 Å². The first-order valence-electron chi connectivity index (χ1n) is 11.5. The fourth-order valence-corrected chi connectivity index (χ4v) is 4.17. The monoisotopic (exact) mass is 556 g/mol. The van der Waals surface area contributed by atoms with Crippen LogP contribution in [0.2, 0.25) is 0 Å². The summed E-state index contributed by atoms with van der Waals surface area (Å²) >= 11 is 0. The van der Waals surface area contributed by atoms with Crippen molar-refractivity contribution in [2.24, 2.45) is 25.6 Å². The minimum Gasteiger partial charge on any atom is -0.399 e. The summed E-state index contributed by atoms with van der Waals surface area (Å²) in [7, 11) is -4.55. The van der Waals surface area contributed by atoms with Crippen molar-refractivity contribution in [3.8, 4) is 0 Å². The fourth-order valence-electron chi connectivity index (χ4n) is 3.47. The number of nitrogen functional groups attached to an aromatic ring is 1. The van der Waals surface area contributed by atoms with E-state index in [-0.39, 0.29) is 28.4 Å². The molecule has 1 unspecified atom stereocenters. The molecule has 1 saturated heterocycles. The second-order valence-electron chi connectivity index (χ2n) is 8.31. The van der Waals surface area contributed by atoms with Crippen molar-refractivity contribution < 1.29 is 22.6 Å². The number of ketones is 1. The Morgan fingerprint density at radius 2 is 1.55 bits per heavy atom. The smallest absolute Gasteiger partial charge is 0.295 e. The topological polar surface area (TPSA) is 193 Å². The number of carbonyl (C=O) groups excluding carboxylic acids is 2. The molecule has 0 aromatic heterocycles. The number of carbonyl (C=O) groups is 2. The van der Waals surface area contributed by atoms with E-state index in [4.69, 9.17) is 12.3 Å². The molecule has 0 bridgehead atoms. The number of azo groups is 2. The molecule has 4 rings (SSSR count). The van der Waals surface area contributed by atoms with Crippen molar-refractivity contribution in [3.05, 3.63) is 89.4 Å². The molecule has 0 saturated carbocycles. The molecule has 1 amide bonds. The maximum absolute atomic E-state index is 12.1. The predicted molar refractivity (Wildman–Crippen MR) is 147 cm³/mol. The molecule has 1 aliphatic heterocycles. The minimum absolute atomic E-state index is 0.0286. The van der Waals surface area contributed by atoms with Crippen LogP contribution in [0.3, 0.4) is 0 Å². The summed E-state index contributed by atoms with van der Waals surface area (Å²) in [4.78, 5) is 26.6. The predicted octanol–water partition coefficient (Wildman–Crippen LogP) is 4.88. The van der Waals surface area contributed by atoms with E-state index >= 15 is 0 Å². The van der Waals surface area contributed by atoms with Gasteiger partial charge in [-0.1, -0.05) is 30.4 Å². The number of amidine groups is 1. The lowest BCUT2D eigenvalue weighted by molar-refractivity contribution is -0.130. The Morgan fingerprint density at radius 3 is 2.17 bits per heavy atom. The summed E-state index contributed by atoms with van der Waals surface area (Å²) in [5.41, 5.74) is 8.23. The van der Waals surface area contributed by atoms with E-state index in [0.29, 0.717) is 17.1 Å². The van der Waals surface area contributed by atoms with Crippen LogP contribution in [0.15, 0.2) is 97.2 Å². The van der Waals surface area contributed by atoms with Crippen molar-refractivity contribution in [1.29, 1.82) is 0 Å². The Hall–Kier alpha value is -5.39. The molecule has 3 aromatic rings. The quantitative estimate of drug-likeness (QED) is 0.0706. The lowest BCUT2D eigenvalue weighted by atomic mass is 10.1. The summed E-state index contributed by atoms with van der Waals surface area (Å²) in [5.74, 6) is -1.28. The van der Waals surface area contributed by atoms with Gasteiger partial charge in [0.2, 0.25) is 6.04 Å². The van der Waals surface area contributed by atoms with Crippen LogP contribution in [0, 0.1) is 6.57 Å². The summed E-state index contributed by atoms with van der Waals surface area (Å²) in [5, 5.41) is 21.5. The molecule has 0 spiro atoms. The number of anilines is 1. The molecule has 0 aliphatic carbocycles. The van der Waals surface area contributed by atoms with Gasteiger partial charge in [0.1, 0.15) is 10.00 Å². The number of nitrogens with zero attached hydrogens (tertiary/aromatic N) is 6. The average molecular weight is 557 g/mol. The summed E-state index contributed by atoms with van der Waals surface area (Å²) in [6.07, 6.45) is 3.00. The van der Waals surface area contributed by atoms with Gasteiger partial charge in [0.15, 0.2) is 11.6 Å². The van der Waals surface area contributed by atoms with Gasteiger partial charge in [0.25, 0.3) is 16.0 Å². The lowest BCUT2D eigenvalue weighted by Gasteiger charge is -2.15. The lowest BCUT2D eigenvalue weighted by Crippen LogP contribution is -2.48. The minimum atomic E-state index is -4.55. The van der Waals surface area contributed by atoms with Gasteiger partial charge in [-0.2, -0.15) is 35.4 Å². The number of nitrogens with one attached hydrogen (secondary N) is 1. The Labute approximate surface area is 228 Å². The van der Waals surface area contributed by atoms with Crippen molar-refractivity contribution >= 4 is 62.5 Å². The molecule has 1 fully saturated rings. The highest BCUT2D eigenvalue weighted by molar-refractivity contribution is 7.86. The van der Waals surface area contributed by atoms with Crippen molar-refractivity contribution in [2.45, 2.75) is 17.4 Å². The van der Waals surface area contributed by atoms with Crippen LogP contribution >= 0.6 is 0 Å². The number of benzene rings is 3. The maximum Gasteiger partial charge on any atom is 0.295 e. The molecule has 3 aromatic carbocycles. The largest absolute Gasteiger partial charge is 0.399 e. The Kier molecular flexibility index (Phi) is 8.28. The number of hydrogen-bond donors (Lipinski definition) is 3. The van der Waals surface area contributed by atoms with Crippen molar-refractivity contribution in [2.75, 3.05) is 5.73 Å². The van der Waals surface area contributed by atoms with Crippen LogP contribution in [0.1, 0.15) is 17.5 Å². The molecular weight excluding hydrogens is 536 g/mol. The number of piperidine rings is 1. The highest BCUT2D eigenvalue weighted by Gasteiger charge is 2.34. The first-order valence-corrected chi connectivity index (χ1v) is 12.9. The molecule has 1 heterocycles. The second-order valence-corrected chi connectivity index (χ2v) is 9.70. The molecule has 40 heavy (non-hydrogen) atoms. The zero-order valence-electron chi connectivity index (χ0n) is 20.5. The zero-order valence-corrected chi connectivity index (χ0v) is 21.4. The van der Waals surface area contributed by atoms with Gasteiger partial charge < -0.3 is 11.1 Å². The Bertz CT molecular complexity index is 1700. The number of Topliss-reactive ketones (excluding diaryl/α,β-unsaturated/α-hetero) is 1. The maximum atomic E-state index is 12.1. The van der Waals surface area contributed by atoms with Gasteiger partial charge in [0, 0.05) is 5.69 Å². The average Bonchev–Trinajstić information content (AvgIpc) is 2.92. The standard InChI is InChI=1S/C26H20N8O5S/c1-28-33-24-15-22(35)25(26(36)29-24)34-31-20-12-10-19(11-13-20)30-32-21-9-6-17(23(14-21)40(37,38)39)5-2-16-3-7-18(27)8-4-16/h2-14,25H,15,27H2,(H,29,33,36)(H,37,38,39)/b5-2+,32-30?,34-31?. The molecule has 1 aliphatic rings. The Balaban J connectivity index is 1.46. The van der Waals surface area contributed by atoms with Gasteiger partial charge in [-0.15, -0.1) is 4.95 Å². The molecule has 13 nitrogen and oxygen atoms in total. The highest BCUT2D eigenvalue weighted by Crippen LogP contribution is 2.27. The molecule has 200 valence electrons. The number of hydrogen-bond acceptors (Lipinski definition) is 10. The van der Waals surface area contributed by atoms with E-state index in [1.165, 1.54) is 24.3 Å². The van der Waals surface area contributed by atoms with Crippen LogP contribution in [0.4, 0.5) is 22.7 Å². The number of nitrogens with two attached hydrogens (primary N) is 1. The van der Waals surface area contributed by atoms with E-state index in [1.807, 2.05) is 0 Å². The highest BCUT2D eigenvalue weighted by atomic mass is 32.2. The normalized spacial score (nSPS) is 17.1. The van der Waals surface area contributed by atoms with Crippen LogP contribution in [-0.2, 0) is 19.7 Å². The summed E-state index contributed by atoms with van der Waals surface area (Å²) < 4.78 is 33.7. The van der Waals surface area contributed by atoms with Gasteiger partial charge in [-0.05, 0) is 59.7 Å². The molecule has 4 N–H and O–H groups in total. The summed E-state index contributed by atoms with van der Waals surface area (Å²) in [6, 6.07) is 16.0. The van der Waals surface area contributed by atoms with Crippen LogP contribution < -0.4 is 11.1 Å². The zero-order chi connectivity index (χ0) is 28.7. The third kappa shape index (κ3) is 7.13. The van der Waals surface area contributed by atoms with Crippen LogP contribution in [0.5, 0.6) is 0 Å².